The average Bonchev–Trinajstić information content (AvgIpc) is 3.01. The van der Waals surface area contributed by atoms with E-state index in [0.29, 0.717) is 24.2 Å². The summed E-state index contributed by atoms with van der Waals surface area (Å²) >= 11 is 1.46. The first-order valence-corrected chi connectivity index (χ1v) is 9.22. The number of ether oxygens (including phenoxy) is 1. The van der Waals surface area contributed by atoms with Crippen molar-refractivity contribution < 1.29 is 9.53 Å². The van der Waals surface area contributed by atoms with Crippen molar-refractivity contribution in [3.05, 3.63) is 45.3 Å². The highest BCUT2D eigenvalue weighted by Gasteiger charge is 2.16. The number of nitrogens with two attached hydrogens (primary N) is 1. The first kappa shape index (κ1) is 18.1. The quantitative estimate of drug-likeness (QED) is 0.721. The summed E-state index contributed by atoms with van der Waals surface area (Å²) in [6.45, 7) is 4.21. The molecule has 26 heavy (non-hydrogen) atoms. The van der Waals surface area contributed by atoms with E-state index in [1.165, 1.54) is 11.3 Å². The van der Waals surface area contributed by atoms with Crippen LogP contribution in [0.3, 0.4) is 0 Å². The average molecular weight is 371 g/mol. The summed E-state index contributed by atoms with van der Waals surface area (Å²) in [5.41, 5.74) is 7.95. The predicted octanol–water partition coefficient (Wildman–Crippen LogP) is 3.02. The van der Waals surface area contributed by atoms with Gasteiger partial charge in [0.2, 0.25) is 5.91 Å². The van der Waals surface area contributed by atoms with Crippen molar-refractivity contribution in [2.75, 3.05) is 7.11 Å². The lowest BCUT2D eigenvalue weighted by Crippen LogP contribution is -2.24. The Hall–Kier alpha value is -2.67. The smallest absolute Gasteiger partial charge is 0.262 e. The fourth-order valence-electron chi connectivity index (χ4n) is 3.06. The molecule has 136 valence electrons. The lowest BCUT2D eigenvalue weighted by atomic mass is 10.0. The van der Waals surface area contributed by atoms with Crippen molar-refractivity contribution in [2.45, 2.75) is 33.2 Å². The number of carbonyl (C=O) groups is 1. The van der Waals surface area contributed by atoms with Gasteiger partial charge >= 0.3 is 0 Å². The number of rotatable bonds is 6. The highest BCUT2D eigenvalue weighted by Crippen LogP contribution is 2.33. The molecule has 7 heteroatoms. The molecule has 0 bridgehead atoms. The number of carbonyl (C=O) groups excluding carboxylic acids is 1. The zero-order valence-electron chi connectivity index (χ0n) is 15.0. The molecule has 0 spiro atoms. The summed E-state index contributed by atoms with van der Waals surface area (Å²) in [6.07, 6.45) is 0.766. The number of thiophene rings is 1. The molecule has 3 rings (SSSR count). The Morgan fingerprint density at radius 3 is 2.77 bits per heavy atom. The van der Waals surface area contributed by atoms with Crippen LogP contribution in [0.15, 0.2) is 28.4 Å². The van der Waals surface area contributed by atoms with E-state index in [1.54, 1.807) is 11.7 Å². The van der Waals surface area contributed by atoms with E-state index in [9.17, 15) is 9.59 Å². The number of fused-ring (bicyclic) bond motifs is 1. The molecule has 2 N–H and O–H groups in total. The normalized spacial score (nSPS) is 11.0. The Labute approximate surface area is 155 Å². The summed E-state index contributed by atoms with van der Waals surface area (Å²) in [6, 6.07) is 5.86. The van der Waals surface area contributed by atoms with E-state index in [2.05, 4.69) is 4.98 Å². The van der Waals surface area contributed by atoms with E-state index >= 15 is 0 Å². The number of primary amides is 1. The lowest BCUT2D eigenvalue weighted by Gasteiger charge is -2.10. The summed E-state index contributed by atoms with van der Waals surface area (Å²) in [5.74, 6) is 1.09. The fraction of sp³-hybridized carbons (Fsp3) is 0.316. The van der Waals surface area contributed by atoms with Crippen LogP contribution in [-0.4, -0.2) is 22.6 Å². The zero-order valence-corrected chi connectivity index (χ0v) is 15.9. The molecule has 0 atom stereocenters. The third-order valence-electron chi connectivity index (χ3n) is 4.40. The van der Waals surface area contributed by atoms with Crippen LogP contribution >= 0.6 is 11.3 Å². The maximum atomic E-state index is 13.1. The summed E-state index contributed by atoms with van der Waals surface area (Å²) in [7, 11) is 1.64. The van der Waals surface area contributed by atoms with Gasteiger partial charge in [0.1, 0.15) is 16.4 Å². The minimum atomic E-state index is -0.366. The second-order valence-electron chi connectivity index (χ2n) is 6.20. The third-order valence-corrected chi connectivity index (χ3v) is 5.27. The number of benzene rings is 1. The largest absolute Gasteiger partial charge is 0.496 e. The molecule has 2 aromatic heterocycles. The van der Waals surface area contributed by atoms with Gasteiger partial charge in [0.05, 0.1) is 12.5 Å². The molecule has 0 saturated heterocycles. The molecular formula is C19H21N3O3S. The number of aromatic nitrogens is 2. The van der Waals surface area contributed by atoms with E-state index in [4.69, 9.17) is 10.5 Å². The molecule has 1 amide bonds. The van der Waals surface area contributed by atoms with Crippen LogP contribution in [0.5, 0.6) is 5.75 Å². The molecule has 0 fully saturated rings. The van der Waals surface area contributed by atoms with Crippen LogP contribution in [0, 0.1) is 13.8 Å². The van der Waals surface area contributed by atoms with Gasteiger partial charge in [0, 0.05) is 23.9 Å². The molecule has 0 radical (unpaired) electrons. The fourth-order valence-corrected chi connectivity index (χ4v) is 4.04. The maximum Gasteiger partial charge on any atom is 0.262 e. The topological polar surface area (TPSA) is 87.2 Å². The first-order chi connectivity index (χ1) is 12.4. The molecule has 3 aromatic rings. The minimum absolute atomic E-state index is 0.0818. The number of nitrogens with zero attached hydrogens (tertiary/aromatic N) is 2. The number of aryl methyl sites for hydroxylation is 2. The number of amides is 1. The molecule has 0 aliphatic heterocycles. The Kier molecular flexibility index (Phi) is 5.08. The van der Waals surface area contributed by atoms with Crippen LogP contribution < -0.4 is 16.0 Å². The summed E-state index contributed by atoms with van der Waals surface area (Å²) < 4.78 is 6.94. The molecule has 1 aromatic carbocycles. The Balaban J connectivity index is 2.09. The van der Waals surface area contributed by atoms with Gasteiger partial charge in [-0.05, 0) is 43.5 Å². The van der Waals surface area contributed by atoms with Gasteiger partial charge in [0.15, 0.2) is 0 Å². The highest BCUT2D eigenvalue weighted by molar-refractivity contribution is 7.17. The molecule has 6 nitrogen and oxygen atoms in total. The zero-order chi connectivity index (χ0) is 18.8. The molecule has 0 unspecified atom stereocenters. The number of hydrogen-bond acceptors (Lipinski definition) is 5. The maximum absolute atomic E-state index is 13.1. The molecule has 2 heterocycles. The van der Waals surface area contributed by atoms with Crippen molar-refractivity contribution in [1.82, 2.24) is 9.55 Å². The van der Waals surface area contributed by atoms with Crippen molar-refractivity contribution in [3.8, 4) is 16.9 Å². The van der Waals surface area contributed by atoms with E-state index in [1.807, 2.05) is 37.4 Å². The van der Waals surface area contributed by atoms with Gasteiger partial charge in [-0.15, -0.1) is 11.3 Å². The van der Waals surface area contributed by atoms with Crippen molar-refractivity contribution in [2.24, 2.45) is 5.73 Å². The standard InChI is InChI=1S/C19H21N3O3S/c1-11-9-13(6-7-15(11)25-3)14-10-26-18-17(14)19(24)22(12(2)21-18)8-4-5-16(20)23/h6-7,9-10H,4-5,8H2,1-3H3,(H2,20,23). The monoisotopic (exact) mass is 371 g/mol. The van der Waals surface area contributed by atoms with Gasteiger partial charge in [-0.25, -0.2) is 4.98 Å². The van der Waals surface area contributed by atoms with E-state index in [0.717, 1.165) is 27.3 Å². The second kappa shape index (κ2) is 7.29. The van der Waals surface area contributed by atoms with Crippen LogP contribution in [0.1, 0.15) is 24.2 Å². The molecular weight excluding hydrogens is 350 g/mol. The van der Waals surface area contributed by atoms with Gasteiger partial charge in [-0.3, -0.25) is 14.2 Å². The van der Waals surface area contributed by atoms with Gasteiger partial charge in [-0.2, -0.15) is 0 Å². The second-order valence-corrected chi connectivity index (χ2v) is 7.06. The number of hydrogen-bond donors (Lipinski definition) is 1. The van der Waals surface area contributed by atoms with E-state index in [-0.39, 0.29) is 17.9 Å². The summed E-state index contributed by atoms with van der Waals surface area (Å²) in [5, 5.41) is 2.58. The third kappa shape index (κ3) is 3.35. The summed E-state index contributed by atoms with van der Waals surface area (Å²) in [4.78, 5) is 29.3. The van der Waals surface area contributed by atoms with E-state index < -0.39 is 0 Å². The number of methoxy groups -OCH3 is 1. The Morgan fingerprint density at radius 2 is 2.12 bits per heavy atom. The minimum Gasteiger partial charge on any atom is -0.496 e. The Morgan fingerprint density at radius 1 is 1.35 bits per heavy atom. The highest BCUT2D eigenvalue weighted by atomic mass is 32.1. The van der Waals surface area contributed by atoms with Gasteiger partial charge in [-0.1, -0.05) is 6.07 Å². The van der Waals surface area contributed by atoms with Gasteiger partial charge < -0.3 is 10.5 Å². The van der Waals surface area contributed by atoms with Crippen molar-refractivity contribution in [3.63, 3.8) is 0 Å². The van der Waals surface area contributed by atoms with Crippen LogP contribution in [0.2, 0.25) is 0 Å². The molecule has 0 aliphatic rings. The lowest BCUT2D eigenvalue weighted by molar-refractivity contribution is -0.118. The van der Waals surface area contributed by atoms with Crippen molar-refractivity contribution >= 4 is 27.5 Å². The SMILES string of the molecule is COc1ccc(-c2csc3nc(C)n(CCCC(N)=O)c(=O)c23)cc1C. The van der Waals surface area contributed by atoms with Crippen LogP contribution in [-0.2, 0) is 11.3 Å². The van der Waals surface area contributed by atoms with Gasteiger partial charge in [0.25, 0.3) is 5.56 Å². The Bertz CT molecular complexity index is 1040. The molecule has 0 saturated carbocycles. The first-order valence-electron chi connectivity index (χ1n) is 8.34. The predicted molar refractivity (Wildman–Crippen MR) is 104 cm³/mol. The van der Waals surface area contributed by atoms with Crippen LogP contribution in [0.4, 0.5) is 0 Å². The molecule has 0 aliphatic carbocycles. The van der Waals surface area contributed by atoms with Crippen LogP contribution in [0.25, 0.3) is 21.3 Å². The van der Waals surface area contributed by atoms with Crippen molar-refractivity contribution in [1.29, 1.82) is 0 Å².